The van der Waals surface area contributed by atoms with Crippen molar-refractivity contribution in [2.45, 2.75) is 90.5 Å². The number of carbonyl (C=O) groups excluding carboxylic acids is 3. The maximum absolute atomic E-state index is 12.8. The third-order valence-electron chi connectivity index (χ3n) is 8.67. The number of carboxylic acids is 2. The summed E-state index contributed by atoms with van der Waals surface area (Å²) < 4.78 is 5.88. The summed E-state index contributed by atoms with van der Waals surface area (Å²) >= 11 is 0. The highest BCUT2D eigenvalue weighted by molar-refractivity contribution is 5.97. The first kappa shape index (κ1) is 44.3. The number of nitrogens with two attached hydrogens (primary N) is 1. The lowest BCUT2D eigenvalue weighted by atomic mass is 9.86. The molecule has 1 unspecified atom stereocenters. The number of unbranched alkanes of at least 4 members (excludes halogenated alkanes) is 4. The van der Waals surface area contributed by atoms with Gasteiger partial charge in [-0.15, -0.1) is 0 Å². The van der Waals surface area contributed by atoms with Crippen molar-refractivity contribution in [3.05, 3.63) is 102 Å². The molecule has 3 aromatic carbocycles. The van der Waals surface area contributed by atoms with Crippen molar-refractivity contribution in [2.75, 3.05) is 13.2 Å². The molecular formula is C43H53N5O8. The van der Waals surface area contributed by atoms with E-state index in [9.17, 15) is 24.0 Å². The maximum Gasteiger partial charge on any atom is 0.322 e. The number of amides is 3. The summed E-state index contributed by atoms with van der Waals surface area (Å²) in [5.74, 6) is -2.26. The van der Waals surface area contributed by atoms with Crippen LogP contribution in [-0.2, 0) is 31.0 Å². The second-order valence-corrected chi connectivity index (χ2v) is 14.3. The van der Waals surface area contributed by atoms with Crippen molar-refractivity contribution >= 4 is 29.7 Å². The number of rotatable bonds is 19. The van der Waals surface area contributed by atoms with E-state index in [0.717, 1.165) is 46.6 Å². The van der Waals surface area contributed by atoms with E-state index in [1.807, 2.05) is 78.4 Å². The lowest BCUT2D eigenvalue weighted by Gasteiger charge is -2.19. The summed E-state index contributed by atoms with van der Waals surface area (Å²) in [6, 6.07) is 22.2. The Labute approximate surface area is 328 Å². The SMILES string of the molecule is CCCCCCCOc1ccc(-c2cnc(-c3ccc(CC(NC(=O)c4ccc(C(C)(C)C)cc4)C(N)=O)cc3)nc2)cc1.O=C(O)CCC(=O)NCC(=O)O. The van der Waals surface area contributed by atoms with Gasteiger partial charge in [0.2, 0.25) is 11.8 Å². The van der Waals surface area contributed by atoms with Crippen LogP contribution >= 0.6 is 0 Å². The van der Waals surface area contributed by atoms with Crippen LogP contribution in [0, 0.1) is 0 Å². The second kappa shape index (κ2) is 22.3. The summed E-state index contributed by atoms with van der Waals surface area (Å²) in [4.78, 5) is 64.6. The molecule has 0 radical (unpaired) electrons. The zero-order valence-corrected chi connectivity index (χ0v) is 32.5. The molecule has 3 amide bonds. The molecular weight excluding hydrogens is 715 g/mol. The van der Waals surface area contributed by atoms with Gasteiger partial charge >= 0.3 is 11.9 Å². The molecule has 0 aliphatic rings. The Balaban J connectivity index is 0.000000604. The Kier molecular flexibility index (Phi) is 17.6. The molecule has 0 saturated carbocycles. The summed E-state index contributed by atoms with van der Waals surface area (Å²) in [6.07, 6.45) is 9.50. The first-order chi connectivity index (χ1) is 26.7. The first-order valence-electron chi connectivity index (χ1n) is 18.7. The van der Waals surface area contributed by atoms with Gasteiger partial charge in [0.05, 0.1) is 13.0 Å². The fourth-order valence-corrected chi connectivity index (χ4v) is 5.36. The molecule has 0 fully saturated rings. The van der Waals surface area contributed by atoms with Crippen molar-refractivity contribution in [1.29, 1.82) is 0 Å². The summed E-state index contributed by atoms with van der Waals surface area (Å²) in [6.45, 7) is 8.83. The molecule has 56 heavy (non-hydrogen) atoms. The molecule has 6 N–H and O–H groups in total. The van der Waals surface area contributed by atoms with Crippen LogP contribution in [0.2, 0.25) is 0 Å². The van der Waals surface area contributed by atoms with Gasteiger partial charge < -0.3 is 31.3 Å². The van der Waals surface area contributed by atoms with Crippen LogP contribution in [0.1, 0.15) is 94.1 Å². The quantitative estimate of drug-likeness (QED) is 0.0669. The number of primary amides is 1. The predicted molar refractivity (Wildman–Crippen MR) is 214 cm³/mol. The third kappa shape index (κ3) is 15.7. The monoisotopic (exact) mass is 767 g/mol. The summed E-state index contributed by atoms with van der Waals surface area (Å²) in [5.41, 5.74) is 10.9. The van der Waals surface area contributed by atoms with E-state index in [1.54, 1.807) is 12.1 Å². The van der Waals surface area contributed by atoms with Crippen LogP contribution in [0.5, 0.6) is 5.75 Å². The second-order valence-electron chi connectivity index (χ2n) is 14.3. The van der Waals surface area contributed by atoms with Crippen LogP contribution < -0.4 is 21.1 Å². The lowest BCUT2D eigenvalue weighted by molar-refractivity contribution is -0.139. The highest BCUT2D eigenvalue weighted by Gasteiger charge is 2.21. The Morgan fingerprint density at radius 2 is 1.36 bits per heavy atom. The molecule has 298 valence electrons. The maximum atomic E-state index is 12.8. The standard InChI is InChI=1S/C37H44N4O3.C6H9NO5/c1-5-6-7-8-9-22-44-32-20-16-27(17-21-32)30-24-39-35(40-25-30)28-12-10-26(11-13-28)23-33(34(38)42)41-36(43)29-14-18-31(19-15-29)37(2,3)4;8-4(1-2-5(9)10)7-3-6(11)12/h10-21,24-25,33H,5-9,22-23H2,1-4H3,(H2,38,42)(H,41,43);1-3H2,(H,7,8)(H,9,10)(H,11,12). The van der Waals surface area contributed by atoms with Gasteiger partial charge in [0.25, 0.3) is 5.91 Å². The number of nitrogens with one attached hydrogen (secondary N) is 2. The normalized spacial score (nSPS) is 11.4. The molecule has 13 heteroatoms. The number of carbonyl (C=O) groups is 5. The van der Waals surface area contributed by atoms with Crippen LogP contribution in [0.4, 0.5) is 0 Å². The summed E-state index contributed by atoms with van der Waals surface area (Å²) in [7, 11) is 0. The van der Waals surface area contributed by atoms with Crippen LogP contribution in [0.25, 0.3) is 22.5 Å². The minimum absolute atomic E-state index is 0.0152. The molecule has 1 aromatic heterocycles. The molecule has 1 atom stereocenters. The zero-order valence-electron chi connectivity index (χ0n) is 32.5. The fourth-order valence-electron chi connectivity index (χ4n) is 5.36. The average molecular weight is 768 g/mol. The highest BCUT2D eigenvalue weighted by atomic mass is 16.5. The topological polar surface area (TPSA) is 211 Å². The minimum atomic E-state index is -1.15. The van der Waals surface area contributed by atoms with E-state index in [1.165, 1.54) is 25.7 Å². The zero-order chi connectivity index (χ0) is 41.1. The number of hydrogen-bond acceptors (Lipinski definition) is 8. The van der Waals surface area contributed by atoms with Crippen molar-refractivity contribution in [1.82, 2.24) is 20.6 Å². The van der Waals surface area contributed by atoms with E-state index in [-0.39, 0.29) is 30.6 Å². The Morgan fingerprint density at radius 3 is 1.91 bits per heavy atom. The number of ether oxygens (including phenoxy) is 1. The van der Waals surface area contributed by atoms with Gasteiger partial charge in [-0.3, -0.25) is 24.0 Å². The number of nitrogens with zero attached hydrogens (tertiary/aromatic N) is 2. The van der Waals surface area contributed by atoms with E-state index >= 15 is 0 Å². The highest BCUT2D eigenvalue weighted by Crippen LogP contribution is 2.24. The average Bonchev–Trinajstić information content (AvgIpc) is 3.18. The van der Waals surface area contributed by atoms with Crippen molar-refractivity contribution in [3.63, 3.8) is 0 Å². The number of carboxylic acid groups (broad SMARTS) is 2. The van der Waals surface area contributed by atoms with Gasteiger partial charge in [-0.05, 0) is 52.8 Å². The number of hydrogen-bond donors (Lipinski definition) is 5. The van der Waals surface area contributed by atoms with Gasteiger partial charge in [-0.1, -0.05) is 102 Å². The Hall–Kier alpha value is -6.11. The predicted octanol–water partition coefficient (Wildman–Crippen LogP) is 6.34. The van der Waals surface area contributed by atoms with Gasteiger partial charge in [-0.25, -0.2) is 9.97 Å². The molecule has 1 heterocycles. The minimum Gasteiger partial charge on any atom is -0.494 e. The van der Waals surface area contributed by atoms with Gasteiger partial charge in [0.15, 0.2) is 5.82 Å². The van der Waals surface area contributed by atoms with E-state index in [2.05, 4.69) is 43.0 Å². The molecule has 4 rings (SSSR count). The molecule has 0 aliphatic heterocycles. The largest absolute Gasteiger partial charge is 0.494 e. The van der Waals surface area contributed by atoms with Crippen molar-refractivity contribution < 1.29 is 38.9 Å². The van der Waals surface area contributed by atoms with Crippen LogP contribution in [0.15, 0.2) is 85.2 Å². The number of aromatic nitrogens is 2. The Morgan fingerprint density at radius 1 is 0.750 bits per heavy atom. The van der Waals surface area contributed by atoms with Crippen molar-refractivity contribution in [3.8, 4) is 28.3 Å². The van der Waals surface area contributed by atoms with Crippen LogP contribution in [-0.4, -0.2) is 69.0 Å². The summed E-state index contributed by atoms with van der Waals surface area (Å²) in [5, 5.41) is 21.1. The van der Waals surface area contributed by atoms with E-state index < -0.39 is 36.3 Å². The van der Waals surface area contributed by atoms with E-state index in [4.69, 9.17) is 20.7 Å². The third-order valence-corrected chi connectivity index (χ3v) is 8.67. The molecule has 0 spiro atoms. The molecule has 0 bridgehead atoms. The first-order valence-corrected chi connectivity index (χ1v) is 18.7. The molecule has 13 nitrogen and oxygen atoms in total. The van der Waals surface area contributed by atoms with Crippen LogP contribution in [0.3, 0.4) is 0 Å². The molecule has 0 saturated heterocycles. The lowest BCUT2D eigenvalue weighted by Crippen LogP contribution is -2.45. The fraction of sp³-hybridized carbons (Fsp3) is 0.372. The van der Waals surface area contributed by atoms with E-state index in [0.29, 0.717) is 11.4 Å². The van der Waals surface area contributed by atoms with Gasteiger partial charge in [0, 0.05) is 41.9 Å². The van der Waals surface area contributed by atoms with Gasteiger partial charge in [-0.2, -0.15) is 0 Å². The number of aliphatic carboxylic acids is 2. The molecule has 0 aliphatic carbocycles. The smallest absolute Gasteiger partial charge is 0.322 e. The molecule has 4 aromatic rings. The van der Waals surface area contributed by atoms with Gasteiger partial charge in [0.1, 0.15) is 18.3 Å². The Bertz CT molecular complexity index is 1850. The van der Waals surface area contributed by atoms with Crippen molar-refractivity contribution in [2.24, 2.45) is 5.73 Å². The number of benzene rings is 3.